The zero-order valence-corrected chi connectivity index (χ0v) is 8.51. The average Bonchev–Trinajstić information content (AvgIpc) is 1.96. The molecule has 0 fully saturated rings. The fourth-order valence-electron chi connectivity index (χ4n) is 0.766. The second kappa shape index (κ2) is 8.41. The standard InChI is InChI=1S/C8H15ClOS/c1-8(10)11-7-5-3-2-4-6-9/h2-7H2,1H3. The van der Waals surface area contributed by atoms with E-state index in [-0.39, 0.29) is 5.12 Å². The van der Waals surface area contributed by atoms with Crippen molar-refractivity contribution in [1.82, 2.24) is 0 Å². The monoisotopic (exact) mass is 194 g/mol. The maximum atomic E-state index is 10.5. The molecule has 0 heterocycles. The first kappa shape index (κ1) is 11.3. The minimum Gasteiger partial charge on any atom is -0.288 e. The lowest BCUT2D eigenvalue weighted by Gasteiger charge is -1.96. The Labute approximate surface area is 77.9 Å². The van der Waals surface area contributed by atoms with Crippen LogP contribution in [0.25, 0.3) is 0 Å². The molecule has 11 heavy (non-hydrogen) atoms. The first-order chi connectivity index (χ1) is 5.27. The second-order valence-corrected chi connectivity index (χ2v) is 4.09. The van der Waals surface area contributed by atoms with Crippen LogP contribution in [0.2, 0.25) is 0 Å². The Kier molecular flexibility index (Phi) is 8.64. The molecule has 3 heteroatoms. The number of hydrogen-bond acceptors (Lipinski definition) is 2. The lowest BCUT2D eigenvalue weighted by Crippen LogP contribution is -1.86. The molecule has 0 saturated heterocycles. The summed E-state index contributed by atoms with van der Waals surface area (Å²) < 4.78 is 0. The molecule has 0 N–H and O–H groups in total. The van der Waals surface area contributed by atoms with Crippen LogP contribution in [0.1, 0.15) is 32.6 Å². The molecule has 0 aromatic rings. The van der Waals surface area contributed by atoms with Crippen LogP contribution in [0.5, 0.6) is 0 Å². The topological polar surface area (TPSA) is 17.1 Å². The highest BCUT2D eigenvalue weighted by atomic mass is 35.5. The number of rotatable bonds is 6. The molecule has 0 saturated carbocycles. The van der Waals surface area contributed by atoms with E-state index in [0.29, 0.717) is 0 Å². The third kappa shape index (κ3) is 10.3. The summed E-state index contributed by atoms with van der Waals surface area (Å²) in [5.74, 6) is 1.73. The molecule has 0 radical (unpaired) electrons. The van der Waals surface area contributed by atoms with Crippen molar-refractivity contribution >= 4 is 28.5 Å². The van der Waals surface area contributed by atoms with Crippen LogP contribution in [0.3, 0.4) is 0 Å². The van der Waals surface area contributed by atoms with Crippen molar-refractivity contribution < 1.29 is 4.79 Å². The maximum absolute atomic E-state index is 10.5. The summed E-state index contributed by atoms with van der Waals surface area (Å²) in [6.07, 6.45) is 4.64. The quantitative estimate of drug-likeness (QED) is 0.478. The number of carbonyl (C=O) groups excluding carboxylic acids is 1. The van der Waals surface area contributed by atoms with E-state index in [1.165, 1.54) is 24.6 Å². The van der Waals surface area contributed by atoms with Gasteiger partial charge in [-0.2, -0.15) is 0 Å². The van der Waals surface area contributed by atoms with Gasteiger partial charge in [-0.3, -0.25) is 4.79 Å². The number of thioether (sulfide) groups is 1. The third-order valence-corrected chi connectivity index (χ3v) is 2.50. The molecule has 0 spiro atoms. The van der Waals surface area contributed by atoms with Crippen LogP contribution in [-0.2, 0) is 4.79 Å². The van der Waals surface area contributed by atoms with Gasteiger partial charge in [0.15, 0.2) is 5.12 Å². The fraction of sp³-hybridized carbons (Fsp3) is 0.875. The van der Waals surface area contributed by atoms with E-state index >= 15 is 0 Å². The zero-order valence-electron chi connectivity index (χ0n) is 6.94. The molecule has 0 aliphatic carbocycles. The molecule has 0 rings (SSSR count). The van der Waals surface area contributed by atoms with Crippen molar-refractivity contribution in [2.24, 2.45) is 0 Å². The van der Waals surface area contributed by atoms with Gasteiger partial charge in [0.2, 0.25) is 0 Å². The van der Waals surface area contributed by atoms with Gasteiger partial charge in [0.05, 0.1) is 0 Å². The predicted octanol–water partition coefficient (Wildman–Crippen LogP) is 3.07. The summed E-state index contributed by atoms with van der Waals surface area (Å²) in [6.45, 7) is 1.61. The average molecular weight is 195 g/mol. The summed E-state index contributed by atoms with van der Waals surface area (Å²) in [4.78, 5) is 10.5. The van der Waals surface area contributed by atoms with Gasteiger partial charge in [0.25, 0.3) is 0 Å². The van der Waals surface area contributed by atoms with Gasteiger partial charge in [0.1, 0.15) is 0 Å². The predicted molar refractivity (Wildman–Crippen MR) is 52.3 cm³/mol. The molecule has 0 amide bonds. The Balaban J connectivity index is 2.85. The highest BCUT2D eigenvalue weighted by Crippen LogP contribution is 2.08. The fourth-order valence-corrected chi connectivity index (χ4v) is 1.59. The Morgan fingerprint density at radius 2 is 1.91 bits per heavy atom. The third-order valence-electron chi connectivity index (χ3n) is 1.33. The minimum atomic E-state index is 0.224. The highest BCUT2D eigenvalue weighted by Gasteiger charge is 1.93. The first-order valence-corrected chi connectivity index (χ1v) is 5.48. The van der Waals surface area contributed by atoms with Crippen molar-refractivity contribution in [2.45, 2.75) is 32.6 Å². The van der Waals surface area contributed by atoms with Crippen molar-refractivity contribution in [3.05, 3.63) is 0 Å². The van der Waals surface area contributed by atoms with Crippen LogP contribution in [0.15, 0.2) is 0 Å². The summed E-state index contributed by atoms with van der Waals surface area (Å²) >= 11 is 6.92. The molecule has 66 valence electrons. The molecule has 0 aliphatic heterocycles. The minimum absolute atomic E-state index is 0.224. The molecular weight excluding hydrogens is 180 g/mol. The summed E-state index contributed by atoms with van der Waals surface area (Å²) in [6, 6.07) is 0. The van der Waals surface area contributed by atoms with E-state index in [1.807, 2.05) is 0 Å². The zero-order chi connectivity index (χ0) is 8.53. The Morgan fingerprint density at radius 3 is 2.45 bits per heavy atom. The normalized spacial score (nSPS) is 10.0. The van der Waals surface area contributed by atoms with E-state index in [4.69, 9.17) is 11.6 Å². The van der Waals surface area contributed by atoms with Gasteiger partial charge < -0.3 is 0 Å². The lowest BCUT2D eigenvalue weighted by atomic mass is 10.2. The van der Waals surface area contributed by atoms with Crippen LogP contribution >= 0.6 is 23.4 Å². The molecule has 0 unspecified atom stereocenters. The number of hydrogen-bond donors (Lipinski definition) is 0. The Morgan fingerprint density at radius 1 is 1.27 bits per heavy atom. The summed E-state index contributed by atoms with van der Waals surface area (Å²) in [7, 11) is 0. The molecule has 1 nitrogen and oxygen atoms in total. The van der Waals surface area contributed by atoms with Crippen molar-refractivity contribution in [3.8, 4) is 0 Å². The van der Waals surface area contributed by atoms with Gasteiger partial charge in [-0.1, -0.05) is 24.6 Å². The largest absolute Gasteiger partial charge is 0.288 e. The Hall–Kier alpha value is 0.310. The molecule has 0 aliphatic rings. The SMILES string of the molecule is CC(=O)SCCCCCCCl. The Bertz CT molecular complexity index is 106. The molecular formula is C8H15ClOS. The van der Waals surface area contributed by atoms with Crippen LogP contribution in [0, 0.1) is 0 Å². The van der Waals surface area contributed by atoms with Gasteiger partial charge >= 0.3 is 0 Å². The molecule has 0 aromatic carbocycles. The number of alkyl halides is 1. The summed E-state index contributed by atoms with van der Waals surface area (Å²) in [5.41, 5.74) is 0. The van der Waals surface area contributed by atoms with Crippen molar-refractivity contribution in [3.63, 3.8) is 0 Å². The van der Waals surface area contributed by atoms with Gasteiger partial charge in [0, 0.05) is 18.6 Å². The second-order valence-electron chi connectivity index (χ2n) is 2.44. The van der Waals surface area contributed by atoms with Gasteiger partial charge in [-0.05, 0) is 12.8 Å². The van der Waals surface area contributed by atoms with Crippen LogP contribution in [-0.4, -0.2) is 16.7 Å². The molecule has 0 bridgehead atoms. The van der Waals surface area contributed by atoms with Crippen molar-refractivity contribution in [2.75, 3.05) is 11.6 Å². The van der Waals surface area contributed by atoms with E-state index in [2.05, 4.69) is 0 Å². The van der Waals surface area contributed by atoms with E-state index < -0.39 is 0 Å². The first-order valence-electron chi connectivity index (χ1n) is 3.96. The van der Waals surface area contributed by atoms with Gasteiger partial charge in [-0.15, -0.1) is 11.6 Å². The smallest absolute Gasteiger partial charge is 0.185 e. The van der Waals surface area contributed by atoms with Crippen LogP contribution < -0.4 is 0 Å². The van der Waals surface area contributed by atoms with Crippen molar-refractivity contribution in [1.29, 1.82) is 0 Å². The lowest BCUT2D eigenvalue weighted by molar-refractivity contribution is -0.109. The van der Waals surface area contributed by atoms with E-state index in [0.717, 1.165) is 24.5 Å². The maximum Gasteiger partial charge on any atom is 0.185 e. The van der Waals surface area contributed by atoms with E-state index in [1.54, 1.807) is 6.92 Å². The van der Waals surface area contributed by atoms with Gasteiger partial charge in [-0.25, -0.2) is 0 Å². The molecule has 0 aromatic heterocycles. The summed E-state index contributed by atoms with van der Waals surface area (Å²) in [5, 5.41) is 0.224. The number of halogens is 1. The number of carbonyl (C=O) groups is 1. The van der Waals surface area contributed by atoms with Crippen LogP contribution in [0.4, 0.5) is 0 Å². The molecule has 0 atom stereocenters. The van der Waals surface area contributed by atoms with E-state index in [9.17, 15) is 4.79 Å². The number of unbranched alkanes of at least 4 members (excludes halogenated alkanes) is 3. The highest BCUT2D eigenvalue weighted by molar-refractivity contribution is 8.13.